The third-order valence-corrected chi connectivity index (χ3v) is 3.65. The Morgan fingerprint density at radius 3 is 2.38 bits per heavy atom. The lowest BCUT2D eigenvalue weighted by atomic mass is 10.1. The van der Waals surface area contributed by atoms with Crippen molar-refractivity contribution >= 4 is 29.2 Å². The summed E-state index contributed by atoms with van der Waals surface area (Å²) in [5, 5.41) is 3.31. The van der Waals surface area contributed by atoms with Gasteiger partial charge < -0.3 is 10.1 Å². The van der Waals surface area contributed by atoms with Crippen molar-refractivity contribution in [1.29, 1.82) is 0 Å². The van der Waals surface area contributed by atoms with Crippen LogP contribution in [0.3, 0.4) is 0 Å². The van der Waals surface area contributed by atoms with Gasteiger partial charge in [0.2, 0.25) is 5.91 Å². The first-order valence-corrected chi connectivity index (χ1v) is 8.26. The SMILES string of the molecule is O=C(CCC(=O)OCCCc1ccccc1)Nc1ccc(Cl)cc1. The minimum absolute atomic E-state index is 0.0742. The number of carbonyl (C=O) groups excluding carboxylic acids is 2. The minimum Gasteiger partial charge on any atom is -0.466 e. The van der Waals surface area contributed by atoms with E-state index < -0.39 is 0 Å². The van der Waals surface area contributed by atoms with E-state index in [2.05, 4.69) is 5.32 Å². The van der Waals surface area contributed by atoms with Crippen LogP contribution in [0.2, 0.25) is 5.02 Å². The maximum Gasteiger partial charge on any atom is 0.306 e. The van der Waals surface area contributed by atoms with Crippen LogP contribution in [0.25, 0.3) is 0 Å². The van der Waals surface area contributed by atoms with Crippen molar-refractivity contribution in [1.82, 2.24) is 0 Å². The number of benzene rings is 2. The number of hydrogen-bond acceptors (Lipinski definition) is 3. The Morgan fingerprint density at radius 1 is 0.958 bits per heavy atom. The first-order valence-electron chi connectivity index (χ1n) is 7.88. The minimum atomic E-state index is -0.352. The van der Waals surface area contributed by atoms with Crippen LogP contribution in [0.4, 0.5) is 5.69 Å². The second kappa shape index (κ2) is 9.73. The molecule has 4 nitrogen and oxygen atoms in total. The average molecular weight is 346 g/mol. The van der Waals surface area contributed by atoms with Gasteiger partial charge in [-0.05, 0) is 42.7 Å². The van der Waals surface area contributed by atoms with Gasteiger partial charge in [-0.15, -0.1) is 0 Å². The van der Waals surface area contributed by atoms with Crippen LogP contribution in [0, 0.1) is 0 Å². The molecule has 0 heterocycles. The fourth-order valence-corrected chi connectivity index (χ4v) is 2.28. The number of halogens is 1. The third kappa shape index (κ3) is 6.84. The number of esters is 1. The van der Waals surface area contributed by atoms with Crippen molar-refractivity contribution in [3.05, 3.63) is 65.2 Å². The van der Waals surface area contributed by atoms with Gasteiger partial charge in [-0.1, -0.05) is 41.9 Å². The summed E-state index contributed by atoms with van der Waals surface area (Å²) in [4.78, 5) is 23.4. The predicted octanol–water partition coefficient (Wildman–Crippen LogP) is 4.23. The molecule has 0 aromatic heterocycles. The highest BCUT2D eigenvalue weighted by atomic mass is 35.5. The van der Waals surface area contributed by atoms with Crippen LogP contribution in [0.15, 0.2) is 54.6 Å². The summed E-state index contributed by atoms with van der Waals surface area (Å²) < 4.78 is 5.14. The molecule has 2 rings (SSSR count). The van der Waals surface area contributed by atoms with E-state index in [9.17, 15) is 9.59 Å². The molecule has 126 valence electrons. The molecule has 0 radical (unpaired) electrons. The number of hydrogen-bond donors (Lipinski definition) is 1. The van der Waals surface area contributed by atoms with E-state index in [0.717, 1.165) is 12.8 Å². The topological polar surface area (TPSA) is 55.4 Å². The molecular weight excluding hydrogens is 326 g/mol. The van der Waals surface area contributed by atoms with Crippen LogP contribution >= 0.6 is 11.6 Å². The summed E-state index contributed by atoms with van der Waals surface area (Å²) in [7, 11) is 0. The van der Waals surface area contributed by atoms with Crippen LogP contribution in [-0.4, -0.2) is 18.5 Å². The normalized spacial score (nSPS) is 10.2. The quantitative estimate of drug-likeness (QED) is 0.575. The summed E-state index contributed by atoms with van der Waals surface area (Å²) in [6.07, 6.45) is 1.81. The molecule has 24 heavy (non-hydrogen) atoms. The van der Waals surface area contributed by atoms with E-state index in [1.54, 1.807) is 24.3 Å². The molecule has 2 aromatic carbocycles. The van der Waals surface area contributed by atoms with Gasteiger partial charge in [-0.3, -0.25) is 9.59 Å². The second-order valence-electron chi connectivity index (χ2n) is 5.36. The standard InChI is InChI=1S/C19H20ClNO3/c20-16-8-10-17(11-9-16)21-18(22)12-13-19(23)24-14-4-7-15-5-2-1-3-6-15/h1-3,5-6,8-11H,4,7,12-14H2,(H,21,22). The number of rotatable bonds is 8. The summed E-state index contributed by atoms with van der Waals surface area (Å²) in [5.74, 6) is -0.576. The number of aryl methyl sites for hydroxylation is 1. The fourth-order valence-electron chi connectivity index (χ4n) is 2.15. The summed E-state index contributed by atoms with van der Waals surface area (Å²) in [5.41, 5.74) is 1.87. The molecule has 0 atom stereocenters. The predicted molar refractivity (Wildman–Crippen MR) is 95.0 cm³/mol. The van der Waals surface area contributed by atoms with Crippen molar-refractivity contribution in [2.24, 2.45) is 0 Å². The van der Waals surface area contributed by atoms with Crippen LogP contribution in [0.5, 0.6) is 0 Å². The van der Waals surface area contributed by atoms with Gasteiger partial charge in [-0.2, -0.15) is 0 Å². The largest absolute Gasteiger partial charge is 0.466 e. The van der Waals surface area contributed by atoms with Gasteiger partial charge in [0.15, 0.2) is 0 Å². The summed E-state index contributed by atoms with van der Waals surface area (Å²) in [6.45, 7) is 0.368. The van der Waals surface area contributed by atoms with Crippen molar-refractivity contribution in [2.75, 3.05) is 11.9 Å². The lowest BCUT2D eigenvalue weighted by Crippen LogP contribution is -2.15. The molecule has 0 fully saturated rings. The number of ether oxygens (including phenoxy) is 1. The Hall–Kier alpha value is -2.33. The number of carbonyl (C=O) groups is 2. The third-order valence-electron chi connectivity index (χ3n) is 3.40. The Balaban J connectivity index is 1.58. The second-order valence-corrected chi connectivity index (χ2v) is 5.80. The summed E-state index contributed by atoms with van der Waals surface area (Å²) >= 11 is 5.78. The molecule has 0 saturated heterocycles. The molecule has 5 heteroatoms. The molecule has 0 aliphatic rings. The molecule has 1 N–H and O–H groups in total. The first-order chi connectivity index (χ1) is 11.6. The van der Waals surface area contributed by atoms with Crippen molar-refractivity contribution in [2.45, 2.75) is 25.7 Å². The maximum atomic E-state index is 11.8. The Morgan fingerprint density at radius 2 is 1.67 bits per heavy atom. The average Bonchev–Trinajstić information content (AvgIpc) is 2.60. The molecule has 0 saturated carbocycles. The molecule has 2 aromatic rings. The summed E-state index contributed by atoms with van der Waals surface area (Å²) in [6, 6.07) is 16.8. The van der Waals surface area contributed by atoms with Gasteiger partial charge in [0.05, 0.1) is 13.0 Å². The molecule has 0 aliphatic heterocycles. The van der Waals surface area contributed by atoms with Crippen LogP contribution < -0.4 is 5.32 Å². The zero-order valence-electron chi connectivity index (χ0n) is 13.3. The van der Waals surface area contributed by atoms with E-state index in [0.29, 0.717) is 17.3 Å². The molecule has 0 bridgehead atoms. The van der Waals surface area contributed by atoms with E-state index in [4.69, 9.17) is 16.3 Å². The van der Waals surface area contributed by atoms with E-state index in [1.807, 2.05) is 30.3 Å². The van der Waals surface area contributed by atoms with Crippen molar-refractivity contribution in [3.63, 3.8) is 0 Å². The molecule has 0 unspecified atom stereocenters. The lowest BCUT2D eigenvalue weighted by molar-refractivity contribution is -0.144. The zero-order valence-corrected chi connectivity index (χ0v) is 14.1. The van der Waals surface area contributed by atoms with Crippen LogP contribution in [0.1, 0.15) is 24.8 Å². The van der Waals surface area contributed by atoms with E-state index >= 15 is 0 Å². The van der Waals surface area contributed by atoms with Crippen LogP contribution in [-0.2, 0) is 20.7 Å². The Kier molecular flexibility index (Phi) is 7.30. The molecule has 0 spiro atoms. The van der Waals surface area contributed by atoms with E-state index in [-0.39, 0.29) is 24.7 Å². The smallest absolute Gasteiger partial charge is 0.306 e. The van der Waals surface area contributed by atoms with Gasteiger partial charge >= 0.3 is 5.97 Å². The highest BCUT2D eigenvalue weighted by Gasteiger charge is 2.08. The number of amides is 1. The van der Waals surface area contributed by atoms with Gasteiger partial charge in [0.25, 0.3) is 0 Å². The monoisotopic (exact) mass is 345 g/mol. The fraction of sp³-hybridized carbons (Fsp3) is 0.263. The number of anilines is 1. The van der Waals surface area contributed by atoms with Gasteiger partial charge in [0, 0.05) is 17.1 Å². The Bertz CT molecular complexity index is 656. The Labute approximate surface area is 146 Å². The lowest BCUT2D eigenvalue weighted by Gasteiger charge is -2.06. The number of nitrogens with one attached hydrogen (secondary N) is 1. The molecule has 0 aliphatic carbocycles. The zero-order chi connectivity index (χ0) is 17.2. The van der Waals surface area contributed by atoms with Gasteiger partial charge in [-0.25, -0.2) is 0 Å². The molecule has 1 amide bonds. The first kappa shape index (κ1) is 18.0. The highest BCUT2D eigenvalue weighted by Crippen LogP contribution is 2.13. The molecular formula is C19H20ClNO3. The highest BCUT2D eigenvalue weighted by molar-refractivity contribution is 6.30. The van der Waals surface area contributed by atoms with Crippen molar-refractivity contribution in [3.8, 4) is 0 Å². The van der Waals surface area contributed by atoms with E-state index in [1.165, 1.54) is 5.56 Å². The van der Waals surface area contributed by atoms with Gasteiger partial charge in [0.1, 0.15) is 0 Å². The maximum absolute atomic E-state index is 11.8. The van der Waals surface area contributed by atoms with Crippen molar-refractivity contribution < 1.29 is 14.3 Å².